The Hall–Kier alpha value is -2.75. The van der Waals surface area contributed by atoms with Gasteiger partial charge < -0.3 is 14.6 Å². The number of methoxy groups -OCH3 is 1. The lowest BCUT2D eigenvalue weighted by molar-refractivity contribution is -0.136. The molecule has 4 nitrogen and oxygen atoms in total. The summed E-state index contributed by atoms with van der Waals surface area (Å²) in [5.41, 5.74) is 3.38. The maximum Gasteiger partial charge on any atom is 0.331 e. The molecule has 0 aliphatic carbocycles. The standard InChI is InChI=1S/C22H28O4/c1-17(2)8-7-9-18(3)14-15-26-22(24)11-6-5-10-19-12-13-20(23)21(16-19)25-4/h5-6,8,10-14,16,23H,7,9,15H2,1-4H3/b10-5?,11-6?,18-14+. The summed E-state index contributed by atoms with van der Waals surface area (Å²) in [5, 5.41) is 9.54. The Kier molecular flexibility index (Phi) is 9.62. The van der Waals surface area contributed by atoms with Gasteiger partial charge in [0.1, 0.15) is 6.61 Å². The number of carbonyl (C=O) groups excluding carboxylic acids is 1. The van der Waals surface area contributed by atoms with Crippen LogP contribution < -0.4 is 4.74 Å². The molecule has 0 fully saturated rings. The molecule has 26 heavy (non-hydrogen) atoms. The summed E-state index contributed by atoms with van der Waals surface area (Å²) in [6, 6.07) is 5.02. The van der Waals surface area contributed by atoms with Crippen LogP contribution in [0.15, 0.2) is 59.7 Å². The summed E-state index contributed by atoms with van der Waals surface area (Å²) in [5.74, 6) is 0.113. The zero-order chi connectivity index (χ0) is 19.4. The molecule has 1 N–H and O–H groups in total. The Balaban J connectivity index is 2.39. The number of hydrogen-bond donors (Lipinski definition) is 1. The first kappa shape index (κ1) is 21.3. The monoisotopic (exact) mass is 356 g/mol. The van der Waals surface area contributed by atoms with E-state index < -0.39 is 0 Å². The van der Waals surface area contributed by atoms with Crippen LogP contribution in [0.5, 0.6) is 11.5 Å². The molecule has 140 valence electrons. The number of phenols is 1. The maximum absolute atomic E-state index is 11.6. The Morgan fingerprint density at radius 2 is 1.92 bits per heavy atom. The van der Waals surface area contributed by atoms with E-state index in [9.17, 15) is 9.90 Å². The van der Waals surface area contributed by atoms with Crippen LogP contribution >= 0.6 is 0 Å². The number of aromatic hydroxyl groups is 1. The van der Waals surface area contributed by atoms with Crippen LogP contribution in [0.1, 0.15) is 39.2 Å². The number of phenolic OH excluding ortho intramolecular Hbond substituents is 1. The van der Waals surface area contributed by atoms with Crippen molar-refractivity contribution < 1.29 is 19.4 Å². The lowest BCUT2D eigenvalue weighted by atomic mass is 10.1. The second-order valence-electron chi connectivity index (χ2n) is 6.15. The van der Waals surface area contributed by atoms with Gasteiger partial charge in [-0.3, -0.25) is 0 Å². The van der Waals surface area contributed by atoms with Crippen molar-refractivity contribution in [2.24, 2.45) is 0 Å². The third kappa shape index (κ3) is 8.92. The zero-order valence-corrected chi connectivity index (χ0v) is 16.0. The highest BCUT2D eigenvalue weighted by Crippen LogP contribution is 2.26. The minimum absolute atomic E-state index is 0.0907. The number of esters is 1. The SMILES string of the molecule is COc1cc(C=CC=CC(=O)OC/C=C(\C)CCC=C(C)C)ccc1O. The smallest absolute Gasteiger partial charge is 0.331 e. The highest BCUT2D eigenvalue weighted by Gasteiger charge is 2.00. The predicted molar refractivity (Wildman–Crippen MR) is 106 cm³/mol. The van der Waals surface area contributed by atoms with Gasteiger partial charge in [0.2, 0.25) is 0 Å². The van der Waals surface area contributed by atoms with E-state index in [-0.39, 0.29) is 18.3 Å². The largest absolute Gasteiger partial charge is 0.504 e. The van der Waals surface area contributed by atoms with Crippen molar-refractivity contribution in [3.8, 4) is 11.5 Å². The first-order valence-electron chi connectivity index (χ1n) is 8.60. The van der Waals surface area contributed by atoms with Crippen LogP contribution in [-0.4, -0.2) is 24.8 Å². The fraction of sp³-hybridized carbons (Fsp3) is 0.318. The second kappa shape index (κ2) is 11.7. The molecule has 0 aliphatic rings. The van der Waals surface area contributed by atoms with Crippen molar-refractivity contribution in [2.75, 3.05) is 13.7 Å². The number of allylic oxidation sites excluding steroid dienone is 5. The molecule has 4 heteroatoms. The number of carbonyl (C=O) groups is 1. The quantitative estimate of drug-likeness (QED) is 0.286. The molecule has 1 aromatic rings. The van der Waals surface area contributed by atoms with Gasteiger partial charge in [-0.15, -0.1) is 0 Å². The van der Waals surface area contributed by atoms with Crippen molar-refractivity contribution in [1.82, 2.24) is 0 Å². The van der Waals surface area contributed by atoms with Gasteiger partial charge in [0.25, 0.3) is 0 Å². The number of ether oxygens (including phenoxy) is 2. The van der Waals surface area contributed by atoms with Gasteiger partial charge in [-0.05, 0) is 57.4 Å². The van der Waals surface area contributed by atoms with Gasteiger partial charge >= 0.3 is 5.97 Å². The molecule has 1 rings (SSSR count). The highest BCUT2D eigenvalue weighted by atomic mass is 16.5. The lowest BCUT2D eigenvalue weighted by Crippen LogP contribution is -2.00. The normalized spacial score (nSPS) is 11.8. The molecule has 0 atom stereocenters. The van der Waals surface area contributed by atoms with Crippen LogP contribution in [-0.2, 0) is 9.53 Å². The zero-order valence-electron chi connectivity index (χ0n) is 16.0. The Morgan fingerprint density at radius 3 is 2.62 bits per heavy atom. The van der Waals surface area contributed by atoms with Gasteiger partial charge in [0.05, 0.1) is 7.11 Å². The second-order valence-corrected chi connectivity index (χ2v) is 6.15. The summed E-state index contributed by atoms with van der Waals surface area (Å²) in [6.45, 7) is 6.49. The lowest BCUT2D eigenvalue weighted by Gasteiger charge is -2.03. The molecule has 0 saturated carbocycles. The number of benzene rings is 1. The predicted octanol–water partition coefficient (Wildman–Crippen LogP) is 5.21. The van der Waals surface area contributed by atoms with E-state index in [0.717, 1.165) is 18.4 Å². The first-order chi connectivity index (χ1) is 12.4. The summed E-state index contributed by atoms with van der Waals surface area (Å²) < 4.78 is 10.2. The van der Waals surface area contributed by atoms with Gasteiger partial charge in [-0.2, -0.15) is 0 Å². The van der Waals surface area contributed by atoms with Crippen LogP contribution in [0.4, 0.5) is 0 Å². The fourth-order valence-corrected chi connectivity index (χ4v) is 2.10. The minimum Gasteiger partial charge on any atom is -0.504 e. The fourth-order valence-electron chi connectivity index (χ4n) is 2.10. The average Bonchev–Trinajstić information content (AvgIpc) is 2.59. The van der Waals surface area contributed by atoms with E-state index in [1.807, 2.05) is 13.0 Å². The van der Waals surface area contributed by atoms with Gasteiger partial charge in [0, 0.05) is 6.08 Å². The molecule has 0 bridgehead atoms. The van der Waals surface area contributed by atoms with E-state index in [0.29, 0.717) is 5.75 Å². The van der Waals surface area contributed by atoms with Crippen molar-refractivity contribution >= 4 is 12.0 Å². The molecule has 0 heterocycles. The summed E-state index contributed by atoms with van der Waals surface area (Å²) in [6.07, 6.45) is 12.6. The summed E-state index contributed by atoms with van der Waals surface area (Å²) >= 11 is 0. The molecule has 0 radical (unpaired) electrons. The Labute approximate surface area is 156 Å². The molecule has 1 aromatic carbocycles. The van der Waals surface area contributed by atoms with E-state index in [1.54, 1.807) is 36.4 Å². The van der Waals surface area contributed by atoms with Crippen LogP contribution in [0.3, 0.4) is 0 Å². The van der Waals surface area contributed by atoms with Crippen molar-refractivity contribution in [1.29, 1.82) is 0 Å². The average molecular weight is 356 g/mol. The molecule has 0 saturated heterocycles. The number of hydrogen-bond acceptors (Lipinski definition) is 4. The van der Waals surface area contributed by atoms with Crippen molar-refractivity contribution in [2.45, 2.75) is 33.6 Å². The third-order valence-corrected chi connectivity index (χ3v) is 3.58. The van der Waals surface area contributed by atoms with Crippen LogP contribution in [0.25, 0.3) is 6.08 Å². The highest BCUT2D eigenvalue weighted by molar-refractivity contribution is 5.82. The molecule has 0 amide bonds. The number of rotatable bonds is 9. The van der Waals surface area contributed by atoms with Gasteiger partial charge in [-0.25, -0.2) is 4.79 Å². The third-order valence-electron chi connectivity index (χ3n) is 3.58. The van der Waals surface area contributed by atoms with E-state index in [4.69, 9.17) is 9.47 Å². The van der Waals surface area contributed by atoms with Crippen molar-refractivity contribution in [3.05, 3.63) is 65.3 Å². The summed E-state index contributed by atoms with van der Waals surface area (Å²) in [7, 11) is 1.50. The van der Waals surface area contributed by atoms with Gasteiger partial charge in [0.15, 0.2) is 11.5 Å². The summed E-state index contributed by atoms with van der Waals surface area (Å²) in [4.78, 5) is 11.6. The molecule has 0 aromatic heterocycles. The molecule has 0 spiro atoms. The van der Waals surface area contributed by atoms with E-state index in [1.165, 1.54) is 24.3 Å². The van der Waals surface area contributed by atoms with E-state index in [2.05, 4.69) is 19.9 Å². The van der Waals surface area contributed by atoms with Crippen molar-refractivity contribution in [3.63, 3.8) is 0 Å². The van der Waals surface area contributed by atoms with E-state index >= 15 is 0 Å². The first-order valence-corrected chi connectivity index (χ1v) is 8.60. The Bertz CT molecular complexity index is 705. The van der Waals surface area contributed by atoms with Crippen LogP contribution in [0, 0.1) is 0 Å². The molecule has 0 aliphatic heterocycles. The minimum atomic E-state index is -0.383. The maximum atomic E-state index is 11.6. The van der Waals surface area contributed by atoms with Gasteiger partial charge in [-0.1, -0.05) is 41.5 Å². The molecular formula is C22H28O4. The molecular weight excluding hydrogens is 328 g/mol. The topological polar surface area (TPSA) is 55.8 Å². The molecule has 0 unspecified atom stereocenters. The van der Waals surface area contributed by atoms with Crippen LogP contribution in [0.2, 0.25) is 0 Å². The Morgan fingerprint density at radius 1 is 1.15 bits per heavy atom.